The lowest BCUT2D eigenvalue weighted by atomic mass is 10.3. The van der Waals surface area contributed by atoms with Crippen molar-refractivity contribution in [3.05, 3.63) is 29.8 Å². The Morgan fingerprint density at radius 1 is 1.44 bits per heavy atom. The van der Waals surface area contributed by atoms with E-state index in [4.69, 9.17) is 9.84 Å². The van der Waals surface area contributed by atoms with E-state index in [0.717, 1.165) is 12.1 Å². The fourth-order valence-electron chi connectivity index (χ4n) is 1.08. The molecule has 1 aromatic carbocycles. The number of nitrogens with one attached hydrogen (secondary N) is 1. The maximum absolute atomic E-state index is 13.1. The topological polar surface area (TPSA) is 75.6 Å². The molecular formula is C11H11F2NO4. The van der Waals surface area contributed by atoms with Crippen molar-refractivity contribution in [1.29, 1.82) is 0 Å². The fourth-order valence-corrected chi connectivity index (χ4v) is 1.08. The molecule has 7 heteroatoms. The third-order valence-corrected chi connectivity index (χ3v) is 2.00. The molecule has 5 nitrogen and oxygen atoms in total. The summed E-state index contributed by atoms with van der Waals surface area (Å²) in [5, 5.41) is 10.7. The number of ether oxygens (including phenoxy) is 1. The highest BCUT2D eigenvalue weighted by Gasteiger charge is 2.14. The molecule has 1 amide bonds. The minimum absolute atomic E-state index is 0.283. The minimum atomic E-state index is -1.20. The Morgan fingerprint density at radius 3 is 2.67 bits per heavy atom. The molecule has 2 N–H and O–H groups in total. The van der Waals surface area contributed by atoms with E-state index in [2.05, 4.69) is 5.32 Å². The molecule has 0 unspecified atom stereocenters. The molecule has 0 aliphatic rings. The second-order valence-corrected chi connectivity index (χ2v) is 3.49. The Kier molecular flexibility index (Phi) is 4.59. The van der Waals surface area contributed by atoms with E-state index in [1.165, 1.54) is 6.92 Å². The van der Waals surface area contributed by atoms with Gasteiger partial charge in [0.25, 0.3) is 5.91 Å². The second kappa shape index (κ2) is 5.95. The highest BCUT2D eigenvalue weighted by molar-refractivity contribution is 5.84. The Balaban J connectivity index is 2.50. The molecular weight excluding hydrogens is 248 g/mol. The zero-order chi connectivity index (χ0) is 13.7. The smallest absolute Gasteiger partial charge is 0.325 e. The van der Waals surface area contributed by atoms with Gasteiger partial charge in [0.15, 0.2) is 18.2 Å². The summed E-state index contributed by atoms with van der Waals surface area (Å²) in [6, 6.07) is 1.57. The van der Waals surface area contributed by atoms with E-state index < -0.39 is 36.2 Å². The first-order chi connectivity index (χ1) is 8.40. The van der Waals surface area contributed by atoms with Gasteiger partial charge in [-0.15, -0.1) is 0 Å². The summed E-state index contributed by atoms with van der Waals surface area (Å²) in [6.07, 6.45) is 0. The Morgan fingerprint density at radius 2 is 2.11 bits per heavy atom. The van der Waals surface area contributed by atoms with E-state index in [-0.39, 0.29) is 5.75 Å². The predicted octanol–water partition coefficient (Wildman–Crippen LogP) is 0.933. The molecule has 1 aromatic rings. The van der Waals surface area contributed by atoms with Gasteiger partial charge in [0, 0.05) is 6.07 Å². The van der Waals surface area contributed by atoms with Crippen LogP contribution in [0.4, 0.5) is 8.78 Å². The SMILES string of the molecule is C[C@H](NC(=O)COc1ccc(F)cc1F)C(=O)O. The van der Waals surface area contributed by atoms with Crippen molar-refractivity contribution < 1.29 is 28.2 Å². The Hall–Kier alpha value is -2.18. The molecule has 0 heterocycles. The minimum Gasteiger partial charge on any atom is -0.481 e. The van der Waals surface area contributed by atoms with Crippen LogP contribution in [0.5, 0.6) is 5.75 Å². The zero-order valence-electron chi connectivity index (χ0n) is 9.44. The average molecular weight is 259 g/mol. The number of hydrogen-bond acceptors (Lipinski definition) is 3. The van der Waals surface area contributed by atoms with Crippen molar-refractivity contribution in [3.8, 4) is 5.75 Å². The summed E-state index contributed by atoms with van der Waals surface area (Å²) < 4.78 is 30.5. The number of carboxylic acid groups (broad SMARTS) is 1. The molecule has 0 aliphatic heterocycles. The van der Waals surface area contributed by atoms with Crippen LogP contribution in [0.15, 0.2) is 18.2 Å². The molecule has 1 atom stereocenters. The highest BCUT2D eigenvalue weighted by Crippen LogP contribution is 2.17. The number of carbonyl (C=O) groups excluding carboxylic acids is 1. The van der Waals surface area contributed by atoms with Crippen LogP contribution in [0, 0.1) is 11.6 Å². The van der Waals surface area contributed by atoms with Crippen LogP contribution in [0.3, 0.4) is 0 Å². The van der Waals surface area contributed by atoms with Crippen LogP contribution in [-0.4, -0.2) is 29.6 Å². The Labute approximate surface area is 101 Å². The average Bonchev–Trinajstić information content (AvgIpc) is 2.27. The molecule has 0 fully saturated rings. The summed E-state index contributed by atoms with van der Waals surface area (Å²) in [5.74, 6) is -3.89. The first kappa shape index (κ1) is 13.9. The lowest BCUT2D eigenvalue weighted by Gasteiger charge is -2.10. The van der Waals surface area contributed by atoms with Crippen LogP contribution in [0.2, 0.25) is 0 Å². The molecule has 0 aliphatic carbocycles. The van der Waals surface area contributed by atoms with E-state index in [1.807, 2.05) is 0 Å². The first-order valence-electron chi connectivity index (χ1n) is 5.00. The molecule has 0 aromatic heterocycles. The number of benzene rings is 1. The number of halogens is 2. The highest BCUT2D eigenvalue weighted by atomic mass is 19.1. The molecule has 1 rings (SSSR count). The normalized spacial score (nSPS) is 11.7. The number of carboxylic acids is 1. The van der Waals surface area contributed by atoms with E-state index in [9.17, 15) is 18.4 Å². The largest absolute Gasteiger partial charge is 0.481 e. The lowest BCUT2D eigenvalue weighted by molar-refractivity contribution is -0.141. The number of amides is 1. The molecule has 18 heavy (non-hydrogen) atoms. The van der Waals surface area contributed by atoms with Gasteiger partial charge in [0.05, 0.1) is 0 Å². The maximum atomic E-state index is 13.1. The monoisotopic (exact) mass is 259 g/mol. The van der Waals surface area contributed by atoms with Gasteiger partial charge in [-0.05, 0) is 19.1 Å². The van der Waals surface area contributed by atoms with Crippen molar-refractivity contribution in [1.82, 2.24) is 5.32 Å². The van der Waals surface area contributed by atoms with Gasteiger partial charge >= 0.3 is 5.97 Å². The van der Waals surface area contributed by atoms with Crippen LogP contribution < -0.4 is 10.1 Å². The number of rotatable bonds is 5. The maximum Gasteiger partial charge on any atom is 0.325 e. The van der Waals surface area contributed by atoms with E-state index in [1.54, 1.807) is 0 Å². The summed E-state index contributed by atoms with van der Waals surface area (Å²) in [7, 11) is 0. The van der Waals surface area contributed by atoms with E-state index in [0.29, 0.717) is 6.07 Å². The quantitative estimate of drug-likeness (QED) is 0.825. The van der Waals surface area contributed by atoms with Crippen molar-refractivity contribution in [2.45, 2.75) is 13.0 Å². The summed E-state index contributed by atoms with van der Waals surface area (Å²) in [5.41, 5.74) is 0. The van der Waals surface area contributed by atoms with E-state index >= 15 is 0 Å². The van der Waals surface area contributed by atoms with Gasteiger partial charge in [0.2, 0.25) is 0 Å². The summed E-state index contributed by atoms with van der Waals surface area (Å²) in [4.78, 5) is 21.7. The molecule has 0 saturated carbocycles. The number of hydrogen-bond donors (Lipinski definition) is 2. The molecule has 98 valence electrons. The lowest BCUT2D eigenvalue weighted by Crippen LogP contribution is -2.40. The zero-order valence-corrected chi connectivity index (χ0v) is 9.44. The number of carbonyl (C=O) groups is 2. The third kappa shape index (κ3) is 4.00. The van der Waals surface area contributed by atoms with Gasteiger partial charge in [-0.2, -0.15) is 0 Å². The van der Waals surface area contributed by atoms with Crippen LogP contribution in [0.25, 0.3) is 0 Å². The number of aliphatic carboxylic acids is 1. The van der Waals surface area contributed by atoms with Gasteiger partial charge in [-0.3, -0.25) is 9.59 Å². The Bertz CT molecular complexity index is 464. The van der Waals surface area contributed by atoms with Crippen molar-refractivity contribution in [2.24, 2.45) is 0 Å². The molecule has 0 saturated heterocycles. The van der Waals surface area contributed by atoms with Crippen LogP contribution in [-0.2, 0) is 9.59 Å². The van der Waals surface area contributed by atoms with Crippen molar-refractivity contribution >= 4 is 11.9 Å². The van der Waals surface area contributed by atoms with Crippen molar-refractivity contribution in [3.63, 3.8) is 0 Å². The second-order valence-electron chi connectivity index (χ2n) is 3.49. The standard InChI is InChI=1S/C11H11F2NO4/c1-6(11(16)17)14-10(15)5-18-9-3-2-7(12)4-8(9)13/h2-4,6H,5H2,1H3,(H,14,15)(H,16,17)/t6-/m0/s1. The van der Waals surface area contributed by atoms with Crippen LogP contribution in [0.1, 0.15) is 6.92 Å². The van der Waals surface area contributed by atoms with Gasteiger partial charge in [-0.25, -0.2) is 8.78 Å². The van der Waals surface area contributed by atoms with Gasteiger partial charge < -0.3 is 15.2 Å². The third-order valence-electron chi connectivity index (χ3n) is 2.00. The predicted molar refractivity (Wildman–Crippen MR) is 57.1 cm³/mol. The van der Waals surface area contributed by atoms with Gasteiger partial charge in [-0.1, -0.05) is 0 Å². The molecule has 0 spiro atoms. The van der Waals surface area contributed by atoms with Gasteiger partial charge in [0.1, 0.15) is 11.9 Å². The summed E-state index contributed by atoms with van der Waals surface area (Å²) >= 11 is 0. The van der Waals surface area contributed by atoms with Crippen molar-refractivity contribution in [2.75, 3.05) is 6.61 Å². The molecule has 0 bridgehead atoms. The fraction of sp³-hybridized carbons (Fsp3) is 0.273. The van der Waals surface area contributed by atoms with Crippen LogP contribution >= 0.6 is 0 Å². The first-order valence-corrected chi connectivity index (χ1v) is 5.00. The molecule has 0 radical (unpaired) electrons. The summed E-state index contributed by atoms with van der Waals surface area (Å²) in [6.45, 7) is 0.721.